The van der Waals surface area contributed by atoms with Crippen molar-refractivity contribution in [2.75, 3.05) is 14.2 Å². The normalized spacial score (nSPS) is 12.1. The van der Waals surface area contributed by atoms with E-state index in [2.05, 4.69) is 21.9 Å². The van der Waals surface area contributed by atoms with E-state index < -0.39 is 0 Å². The molecule has 0 spiro atoms. The van der Waals surface area contributed by atoms with Crippen molar-refractivity contribution in [3.63, 3.8) is 0 Å². The first kappa shape index (κ1) is 14.6. The average Bonchev–Trinajstić information content (AvgIpc) is 2.43. The monoisotopic (exact) mass is 249 g/mol. The van der Waals surface area contributed by atoms with Crippen molar-refractivity contribution >= 4 is 0 Å². The molecule has 1 N–H and O–H groups in total. The Balaban J connectivity index is 2.46. The third-order valence-electron chi connectivity index (χ3n) is 2.98. The number of rotatable bonds is 9. The molecule has 0 radical (unpaired) electrons. The van der Waals surface area contributed by atoms with Crippen molar-refractivity contribution in [2.24, 2.45) is 0 Å². The first-order valence-electron chi connectivity index (χ1n) is 6.46. The van der Waals surface area contributed by atoms with E-state index in [1.165, 1.54) is 19.3 Å². The van der Waals surface area contributed by atoms with Crippen LogP contribution in [-0.4, -0.2) is 24.1 Å². The largest absolute Gasteiger partial charge is 0.481 e. The quantitative estimate of drug-likeness (QED) is 0.540. The molecule has 0 bridgehead atoms. The minimum Gasteiger partial charge on any atom is -0.481 e. The summed E-state index contributed by atoms with van der Waals surface area (Å²) in [6.07, 6.45) is 9.34. The molecule has 1 atom stereocenters. The van der Waals surface area contributed by atoms with Crippen LogP contribution in [0.5, 0.6) is 5.88 Å². The van der Waals surface area contributed by atoms with Crippen LogP contribution in [0.15, 0.2) is 25.0 Å². The minimum atomic E-state index is 0.269. The molecule has 1 rings (SSSR count). The standard InChI is InChI=1S/C14H23N3O/c1-4-5-6-7-8-9-12(15-2)13-10-14(18-3)17-11-16-13/h4,10-12,15H,1,5-9H2,2-3H3. The highest BCUT2D eigenvalue weighted by atomic mass is 16.5. The van der Waals surface area contributed by atoms with Crippen LogP contribution >= 0.6 is 0 Å². The second-order valence-electron chi connectivity index (χ2n) is 4.25. The zero-order valence-corrected chi connectivity index (χ0v) is 11.4. The summed E-state index contributed by atoms with van der Waals surface area (Å²) in [7, 11) is 3.58. The molecule has 1 heterocycles. The van der Waals surface area contributed by atoms with Crippen molar-refractivity contribution in [2.45, 2.75) is 38.1 Å². The van der Waals surface area contributed by atoms with Crippen molar-refractivity contribution in [3.05, 3.63) is 30.7 Å². The van der Waals surface area contributed by atoms with Gasteiger partial charge in [0.1, 0.15) is 6.33 Å². The lowest BCUT2D eigenvalue weighted by atomic mass is 10.0. The van der Waals surface area contributed by atoms with Crippen LogP contribution in [0.3, 0.4) is 0 Å². The predicted molar refractivity (Wildman–Crippen MR) is 73.7 cm³/mol. The molecule has 4 heteroatoms. The Hall–Kier alpha value is -1.42. The van der Waals surface area contributed by atoms with E-state index in [-0.39, 0.29) is 6.04 Å². The summed E-state index contributed by atoms with van der Waals surface area (Å²) in [5.74, 6) is 0.618. The lowest BCUT2D eigenvalue weighted by molar-refractivity contribution is 0.393. The molecular weight excluding hydrogens is 226 g/mol. The molecule has 1 unspecified atom stereocenters. The van der Waals surface area contributed by atoms with Crippen LogP contribution in [0.25, 0.3) is 0 Å². The summed E-state index contributed by atoms with van der Waals surface area (Å²) >= 11 is 0. The van der Waals surface area contributed by atoms with Crippen LogP contribution in [0, 0.1) is 0 Å². The van der Waals surface area contributed by atoms with E-state index in [4.69, 9.17) is 4.74 Å². The lowest BCUT2D eigenvalue weighted by Crippen LogP contribution is -2.17. The van der Waals surface area contributed by atoms with Crippen LogP contribution in [0.1, 0.15) is 43.8 Å². The van der Waals surface area contributed by atoms with E-state index in [1.807, 2.05) is 19.2 Å². The fourth-order valence-electron chi connectivity index (χ4n) is 1.91. The van der Waals surface area contributed by atoms with Gasteiger partial charge in [0.2, 0.25) is 5.88 Å². The Bertz CT molecular complexity index is 355. The number of nitrogens with zero attached hydrogens (tertiary/aromatic N) is 2. The van der Waals surface area contributed by atoms with Gasteiger partial charge in [-0.05, 0) is 26.3 Å². The van der Waals surface area contributed by atoms with Gasteiger partial charge in [0.05, 0.1) is 12.8 Å². The zero-order valence-electron chi connectivity index (χ0n) is 11.4. The maximum atomic E-state index is 5.12. The lowest BCUT2D eigenvalue weighted by Gasteiger charge is -2.15. The molecule has 18 heavy (non-hydrogen) atoms. The number of hydrogen-bond donors (Lipinski definition) is 1. The summed E-state index contributed by atoms with van der Waals surface area (Å²) < 4.78 is 5.12. The van der Waals surface area contributed by atoms with E-state index in [0.29, 0.717) is 5.88 Å². The molecule has 0 saturated heterocycles. The molecule has 100 valence electrons. The average molecular weight is 249 g/mol. The highest BCUT2D eigenvalue weighted by Crippen LogP contribution is 2.20. The van der Waals surface area contributed by atoms with Gasteiger partial charge in [-0.1, -0.05) is 18.9 Å². The zero-order chi connectivity index (χ0) is 13.2. The topological polar surface area (TPSA) is 47.0 Å². The fourth-order valence-corrected chi connectivity index (χ4v) is 1.91. The molecule has 0 aliphatic rings. The van der Waals surface area contributed by atoms with Crippen molar-refractivity contribution in [1.82, 2.24) is 15.3 Å². The van der Waals surface area contributed by atoms with Crippen molar-refractivity contribution in [1.29, 1.82) is 0 Å². The number of allylic oxidation sites excluding steroid dienone is 1. The van der Waals surface area contributed by atoms with Crippen LogP contribution in [0.2, 0.25) is 0 Å². The molecule has 0 aliphatic carbocycles. The molecule has 0 fully saturated rings. The molecule has 0 saturated carbocycles. The van der Waals surface area contributed by atoms with Gasteiger partial charge in [0.15, 0.2) is 0 Å². The van der Waals surface area contributed by atoms with Gasteiger partial charge in [0, 0.05) is 12.1 Å². The van der Waals surface area contributed by atoms with Gasteiger partial charge in [-0.3, -0.25) is 0 Å². The number of ether oxygens (including phenoxy) is 1. The van der Waals surface area contributed by atoms with E-state index in [1.54, 1.807) is 13.4 Å². The van der Waals surface area contributed by atoms with E-state index in [0.717, 1.165) is 18.5 Å². The number of methoxy groups -OCH3 is 1. The number of hydrogen-bond acceptors (Lipinski definition) is 4. The SMILES string of the molecule is C=CCCCCCC(NC)c1cc(OC)ncn1. The van der Waals surface area contributed by atoms with Crippen LogP contribution < -0.4 is 10.1 Å². The molecule has 0 aliphatic heterocycles. The van der Waals surface area contributed by atoms with Crippen molar-refractivity contribution < 1.29 is 4.74 Å². The van der Waals surface area contributed by atoms with Gasteiger partial charge in [0.25, 0.3) is 0 Å². The van der Waals surface area contributed by atoms with Gasteiger partial charge >= 0.3 is 0 Å². The number of unbranched alkanes of at least 4 members (excludes halogenated alkanes) is 3. The first-order valence-corrected chi connectivity index (χ1v) is 6.46. The highest BCUT2D eigenvalue weighted by molar-refractivity contribution is 5.16. The Kier molecular flexibility index (Phi) is 7.03. The summed E-state index contributed by atoms with van der Waals surface area (Å²) in [6.45, 7) is 3.73. The molecule has 4 nitrogen and oxygen atoms in total. The van der Waals surface area contributed by atoms with E-state index in [9.17, 15) is 0 Å². The third-order valence-corrected chi connectivity index (χ3v) is 2.98. The van der Waals surface area contributed by atoms with Crippen LogP contribution in [-0.2, 0) is 0 Å². The molecule has 1 aromatic rings. The summed E-state index contributed by atoms with van der Waals surface area (Å²) in [5.41, 5.74) is 0.994. The predicted octanol–water partition coefficient (Wildman–Crippen LogP) is 2.88. The smallest absolute Gasteiger partial charge is 0.216 e. The molecular formula is C14H23N3O. The minimum absolute atomic E-state index is 0.269. The molecule has 0 aromatic carbocycles. The summed E-state index contributed by atoms with van der Waals surface area (Å²) in [5, 5.41) is 3.29. The third kappa shape index (κ3) is 4.84. The number of aromatic nitrogens is 2. The second kappa shape index (κ2) is 8.64. The maximum Gasteiger partial charge on any atom is 0.216 e. The van der Waals surface area contributed by atoms with Gasteiger partial charge in [-0.15, -0.1) is 6.58 Å². The van der Waals surface area contributed by atoms with Crippen molar-refractivity contribution in [3.8, 4) is 5.88 Å². The van der Waals surface area contributed by atoms with Gasteiger partial charge in [-0.2, -0.15) is 0 Å². The summed E-state index contributed by atoms with van der Waals surface area (Å²) in [6, 6.07) is 2.16. The van der Waals surface area contributed by atoms with Gasteiger partial charge in [-0.25, -0.2) is 9.97 Å². The molecule has 0 amide bonds. The Morgan fingerprint density at radius 2 is 2.22 bits per heavy atom. The Morgan fingerprint density at radius 3 is 2.89 bits per heavy atom. The fraction of sp³-hybridized carbons (Fsp3) is 0.571. The first-order chi connectivity index (χ1) is 8.81. The Labute approximate surface area is 109 Å². The molecule has 1 aromatic heterocycles. The maximum absolute atomic E-state index is 5.12. The highest BCUT2D eigenvalue weighted by Gasteiger charge is 2.11. The number of nitrogens with one attached hydrogen (secondary N) is 1. The Morgan fingerprint density at radius 1 is 1.39 bits per heavy atom. The van der Waals surface area contributed by atoms with Gasteiger partial charge < -0.3 is 10.1 Å². The van der Waals surface area contributed by atoms with Crippen LogP contribution in [0.4, 0.5) is 0 Å². The second-order valence-corrected chi connectivity index (χ2v) is 4.25. The van der Waals surface area contributed by atoms with E-state index >= 15 is 0 Å². The summed E-state index contributed by atoms with van der Waals surface area (Å²) in [4.78, 5) is 8.33.